The van der Waals surface area contributed by atoms with Crippen molar-refractivity contribution in [3.63, 3.8) is 0 Å². The molecule has 1 rings (SSSR count). The first kappa shape index (κ1) is 5.83. The van der Waals surface area contributed by atoms with E-state index in [4.69, 9.17) is 0 Å². The van der Waals surface area contributed by atoms with Gasteiger partial charge in [-0.05, 0) is 12.8 Å². The molecule has 2 heteroatoms. The van der Waals surface area contributed by atoms with Gasteiger partial charge in [0, 0.05) is 11.0 Å². The van der Waals surface area contributed by atoms with E-state index < -0.39 is 0 Å². The molecule has 0 aromatic rings. The first-order valence-corrected chi connectivity index (χ1v) is 5.10. The van der Waals surface area contributed by atoms with Crippen LogP contribution in [0, 0.1) is 0 Å². The van der Waals surface area contributed by atoms with E-state index in [9.17, 15) is 0 Å². The van der Waals surface area contributed by atoms with E-state index in [2.05, 4.69) is 17.7 Å². The summed E-state index contributed by atoms with van der Waals surface area (Å²) in [5.41, 5.74) is 0. The quantitative estimate of drug-likeness (QED) is 0.505. The zero-order valence-corrected chi connectivity index (χ0v) is 6.15. The Balaban J connectivity index is 2.14. The molecule has 0 aromatic carbocycles. The summed E-state index contributed by atoms with van der Waals surface area (Å²) in [6.45, 7) is 2.27. The molecule has 0 amide bonds. The van der Waals surface area contributed by atoms with Crippen LogP contribution in [0.2, 0.25) is 0 Å². The molecule has 1 saturated heterocycles. The molecule has 0 aliphatic carbocycles. The maximum absolute atomic E-state index is 2.27. The third-order valence-electron chi connectivity index (χ3n) is 1.18. The Hall–Kier alpha value is 0.700. The van der Waals surface area contributed by atoms with E-state index in [1.54, 1.807) is 0 Å². The molecule has 1 aliphatic heterocycles. The summed E-state index contributed by atoms with van der Waals surface area (Å²) in [5.74, 6) is 1.38. The minimum Gasteiger partial charge on any atom is -0.0938 e. The molecule has 1 atom stereocenters. The van der Waals surface area contributed by atoms with E-state index in [0.29, 0.717) is 0 Å². The van der Waals surface area contributed by atoms with Crippen molar-refractivity contribution >= 4 is 21.6 Å². The summed E-state index contributed by atoms with van der Waals surface area (Å²) in [6, 6.07) is 0. The van der Waals surface area contributed by atoms with Crippen molar-refractivity contribution in [3.8, 4) is 0 Å². The molecule has 7 heavy (non-hydrogen) atoms. The normalized spacial score (nSPS) is 31.3. The molecule has 0 spiro atoms. The molecule has 1 unspecified atom stereocenters. The van der Waals surface area contributed by atoms with E-state index in [1.807, 2.05) is 10.8 Å². The summed E-state index contributed by atoms with van der Waals surface area (Å²) >= 11 is 0. The Morgan fingerprint density at radius 1 is 1.71 bits per heavy atom. The van der Waals surface area contributed by atoms with Crippen LogP contribution in [0.15, 0.2) is 0 Å². The van der Waals surface area contributed by atoms with Gasteiger partial charge in [0.25, 0.3) is 0 Å². The van der Waals surface area contributed by atoms with Crippen LogP contribution >= 0.6 is 21.6 Å². The van der Waals surface area contributed by atoms with Crippen molar-refractivity contribution in [2.75, 3.05) is 5.75 Å². The van der Waals surface area contributed by atoms with Gasteiger partial charge in [0.15, 0.2) is 0 Å². The molecule has 0 nitrogen and oxygen atoms in total. The molecule has 0 aromatic heterocycles. The molecule has 1 heterocycles. The third-order valence-corrected chi connectivity index (χ3v) is 4.29. The van der Waals surface area contributed by atoms with Gasteiger partial charge >= 0.3 is 0 Å². The lowest BCUT2D eigenvalue weighted by Gasteiger charge is -1.97. The average molecular weight is 134 g/mol. The monoisotopic (exact) mass is 134 g/mol. The first-order chi connectivity index (χ1) is 3.43. The van der Waals surface area contributed by atoms with Crippen LogP contribution in [-0.2, 0) is 0 Å². The first-order valence-electron chi connectivity index (χ1n) is 2.71. The predicted molar refractivity (Wildman–Crippen MR) is 38.7 cm³/mol. The van der Waals surface area contributed by atoms with E-state index in [-0.39, 0.29) is 0 Å². The lowest BCUT2D eigenvalue weighted by molar-refractivity contribution is 0.812. The lowest BCUT2D eigenvalue weighted by Crippen LogP contribution is -1.91. The van der Waals surface area contributed by atoms with Gasteiger partial charge < -0.3 is 0 Å². The molecule has 1 aliphatic rings. The fourth-order valence-corrected chi connectivity index (χ4v) is 3.66. The lowest BCUT2D eigenvalue weighted by atomic mass is 10.3. The van der Waals surface area contributed by atoms with Gasteiger partial charge in [-0.3, -0.25) is 0 Å². The highest BCUT2D eigenvalue weighted by Crippen LogP contribution is 2.38. The van der Waals surface area contributed by atoms with Crippen LogP contribution in [0.1, 0.15) is 19.8 Å². The van der Waals surface area contributed by atoms with Gasteiger partial charge in [0.2, 0.25) is 0 Å². The van der Waals surface area contributed by atoms with E-state index in [0.717, 1.165) is 5.25 Å². The second kappa shape index (κ2) is 2.88. The fourth-order valence-electron chi connectivity index (χ4n) is 0.644. The highest BCUT2D eigenvalue weighted by molar-refractivity contribution is 8.77. The van der Waals surface area contributed by atoms with Crippen LogP contribution in [-0.4, -0.2) is 11.0 Å². The topological polar surface area (TPSA) is 0 Å². The van der Waals surface area contributed by atoms with Crippen molar-refractivity contribution in [2.45, 2.75) is 25.0 Å². The Kier molecular flexibility index (Phi) is 2.40. The Bertz CT molecular complexity index is 48.0. The van der Waals surface area contributed by atoms with Crippen LogP contribution in [0.3, 0.4) is 0 Å². The number of rotatable bonds is 1. The minimum atomic E-state index is 0.977. The molecule has 0 bridgehead atoms. The van der Waals surface area contributed by atoms with Gasteiger partial charge in [-0.15, -0.1) is 0 Å². The van der Waals surface area contributed by atoms with E-state index >= 15 is 0 Å². The highest BCUT2D eigenvalue weighted by atomic mass is 33.1. The molecular formula is C5H10S2. The van der Waals surface area contributed by atoms with Gasteiger partial charge in [-0.2, -0.15) is 0 Å². The number of hydrogen-bond donors (Lipinski definition) is 0. The fraction of sp³-hybridized carbons (Fsp3) is 1.00. The Morgan fingerprint density at radius 3 is 2.86 bits per heavy atom. The summed E-state index contributed by atoms with van der Waals surface area (Å²) in [4.78, 5) is 0. The van der Waals surface area contributed by atoms with Crippen molar-refractivity contribution in [2.24, 2.45) is 0 Å². The Labute approximate surface area is 52.8 Å². The summed E-state index contributed by atoms with van der Waals surface area (Å²) < 4.78 is 0. The van der Waals surface area contributed by atoms with Gasteiger partial charge in [0.1, 0.15) is 0 Å². The van der Waals surface area contributed by atoms with Crippen molar-refractivity contribution in [3.05, 3.63) is 0 Å². The Morgan fingerprint density at radius 2 is 2.57 bits per heavy atom. The summed E-state index contributed by atoms with van der Waals surface area (Å²) in [7, 11) is 4.08. The van der Waals surface area contributed by atoms with Gasteiger partial charge in [0.05, 0.1) is 0 Å². The van der Waals surface area contributed by atoms with Crippen molar-refractivity contribution < 1.29 is 0 Å². The van der Waals surface area contributed by atoms with Gasteiger partial charge in [-0.1, -0.05) is 28.5 Å². The maximum atomic E-state index is 2.27. The third kappa shape index (κ3) is 1.57. The SMILES string of the molecule is CCC1CCSS1. The number of hydrogen-bond acceptors (Lipinski definition) is 2. The largest absolute Gasteiger partial charge is 0.0938 e. The molecule has 0 saturated carbocycles. The smallest absolute Gasteiger partial charge is 0.0157 e. The molecule has 0 radical (unpaired) electrons. The van der Waals surface area contributed by atoms with Crippen LogP contribution in [0.4, 0.5) is 0 Å². The summed E-state index contributed by atoms with van der Waals surface area (Å²) in [6.07, 6.45) is 2.80. The second-order valence-electron chi connectivity index (χ2n) is 1.74. The van der Waals surface area contributed by atoms with Crippen LogP contribution in [0.5, 0.6) is 0 Å². The summed E-state index contributed by atoms with van der Waals surface area (Å²) in [5, 5.41) is 0.977. The molecule has 1 fully saturated rings. The zero-order valence-electron chi connectivity index (χ0n) is 4.52. The van der Waals surface area contributed by atoms with E-state index in [1.165, 1.54) is 18.6 Å². The maximum Gasteiger partial charge on any atom is 0.0157 e. The highest BCUT2D eigenvalue weighted by Gasteiger charge is 2.12. The van der Waals surface area contributed by atoms with Gasteiger partial charge in [-0.25, -0.2) is 0 Å². The zero-order chi connectivity index (χ0) is 5.11. The molecular weight excluding hydrogens is 124 g/mol. The predicted octanol–water partition coefficient (Wildman–Crippen LogP) is 2.55. The van der Waals surface area contributed by atoms with Crippen LogP contribution < -0.4 is 0 Å². The van der Waals surface area contributed by atoms with Crippen molar-refractivity contribution in [1.82, 2.24) is 0 Å². The van der Waals surface area contributed by atoms with Crippen molar-refractivity contribution in [1.29, 1.82) is 0 Å². The van der Waals surface area contributed by atoms with Crippen LogP contribution in [0.25, 0.3) is 0 Å². The molecule has 0 N–H and O–H groups in total. The standard InChI is InChI=1S/C5H10S2/c1-2-5-3-4-6-7-5/h5H,2-4H2,1H3. The average Bonchev–Trinajstić information content (AvgIpc) is 2.14. The minimum absolute atomic E-state index is 0.977. The molecule has 42 valence electrons. The second-order valence-corrected chi connectivity index (χ2v) is 4.52.